The third-order valence-corrected chi connectivity index (χ3v) is 4.16. The van der Waals surface area contributed by atoms with E-state index in [2.05, 4.69) is 5.10 Å². The number of benzene rings is 1. The number of aromatic nitrogens is 2. The lowest BCUT2D eigenvalue weighted by Crippen LogP contribution is -2.14. The molecule has 0 aliphatic rings. The Labute approximate surface area is 103 Å². The smallest absolute Gasteiger partial charge is 0.264 e. The Morgan fingerprint density at radius 2 is 1.94 bits per heavy atom. The van der Waals surface area contributed by atoms with E-state index in [0.29, 0.717) is 5.69 Å². The molecule has 0 atom stereocenters. The van der Waals surface area contributed by atoms with Crippen LogP contribution in [0.1, 0.15) is 0 Å². The fourth-order valence-corrected chi connectivity index (χ4v) is 2.86. The number of sulfone groups is 1. The van der Waals surface area contributed by atoms with E-state index in [1.54, 1.807) is 18.2 Å². The average molecular weight is 268 g/mol. The molecule has 0 bridgehead atoms. The molecule has 7 heteroatoms. The molecule has 2 rings (SSSR count). The number of nitrogens with one attached hydrogen (secondary N) is 1. The van der Waals surface area contributed by atoms with Gasteiger partial charge in [-0.15, -0.1) is 0 Å². The summed E-state index contributed by atoms with van der Waals surface area (Å²) in [5.74, 6) is -0.352. The van der Waals surface area contributed by atoms with Crippen LogP contribution < -0.4 is 5.56 Å². The van der Waals surface area contributed by atoms with Gasteiger partial charge in [-0.25, -0.2) is 8.42 Å². The number of hydrogen-bond acceptors (Lipinski definition) is 4. The van der Waals surface area contributed by atoms with Crippen LogP contribution in [-0.2, 0) is 9.84 Å². The number of para-hydroxylation sites is 1. The third-order valence-electron chi connectivity index (χ3n) is 2.43. The molecular formula is C11H12N2O4S. The predicted molar refractivity (Wildman–Crippen MR) is 65.5 cm³/mol. The van der Waals surface area contributed by atoms with Gasteiger partial charge in [-0.2, -0.15) is 0 Å². The molecule has 18 heavy (non-hydrogen) atoms. The van der Waals surface area contributed by atoms with Crippen LogP contribution in [-0.4, -0.2) is 35.7 Å². The van der Waals surface area contributed by atoms with Crippen molar-refractivity contribution < 1.29 is 13.5 Å². The molecule has 0 saturated heterocycles. The van der Waals surface area contributed by atoms with E-state index < -0.39 is 16.4 Å². The fraction of sp³-hybridized carbons (Fsp3) is 0.182. The Morgan fingerprint density at radius 1 is 1.22 bits per heavy atom. The minimum atomic E-state index is -3.57. The van der Waals surface area contributed by atoms with Gasteiger partial charge in [0.15, 0.2) is 9.84 Å². The SMILES string of the molecule is O=c1ccn(-c2ccccc2S(=O)(=O)CCO)[nH]1. The predicted octanol–water partition coefficient (Wildman–Crippen LogP) is -0.0684. The normalized spacial score (nSPS) is 11.6. The van der Waals surface area contributed by atoms with Crippen LogP contribution in [0, 0.1) is 0 Å². The van der Waals surface area contributed by atoms with Crippen LogP contribution in [0.15, 0.2) is 46.2 Å². The largest absolute Gasteiger partial charge is 0.395 e. The first-order chi connectivity index (χ1) is 8.54. The quantitative estimate of drug-likeness (QED) is 0.812. The van der Waals surface area contributed by atoms with E-state index in [9.17, 15) is 13.2 Å². The lowest BCUT2D eigenvalue weighted by atomic mass is 10.3. The first-order valence-corrected chi connectivity index (χ1v) is 6.90. The van der Waals surface area contributed by atoms with E-state index >= 15 is 0 Å². The Hall–Kier alpha value is -1.86. The molecule has 2 N–H and O–H groups in total. The number of nitrogens with zero attached hydrogens (tertiary/aromatic N) is 1. The van der Waals surface area contributed by atoms with Gasteiger partial charge in [-0.1, -0.05) is 12.1 Å². The second kappa shape index (κ2) is 4.79. The van der Waals surface area contributed by atoms with Crippen molar-refractivity contribution in [3.8, 4) is 5.69 Å². The molecule has 1 aromatic heterocycles. The third kappa shape index (κ3) is 2.36. The van der Waals surface area contributed by atoms with Gasteiger partial charge in [-0.05, 0) is 12.1 Å². The van der Waals surface area contributed by atoms with Crippen LogP contribution in [0.3, 0.4) is 0 Å². The maximum Gasteiger partial charge on any atom is 0.264 e. The zero-order chi connectivity index (χ0) is 13.2. The monoisotopic (exact) mass is 268 g/mol. The van der Waals surface area contributed by atoms with Crippen molar-refractivity contribution in [2.45, 2.75) is 4.90 Å². The van der Waals surface area contributed by atoms with Gasteiger partial charge in [0.05, 0.1) is 22.9 Å². The van der Waals surface area contributed by atoms with Crippen molar-refractivity contribution in [1.29, 1.82) is 0 Å². The Balaban J connectivity index is 2.60. The summed E-state index contributed by atoms with van der Waals surface area (Å²) >= 11 is 0. The average Bonchev–Trinajstić information content (AvgIpc) is 2.76. The second-order valence-corrected chi connectivity index (χ2v) is 5.75. The van der Waals surface area contributed by atoms with Gasteiger partial charge in [0.25, 0.3) is 5.56 Å². The maximum absolute atomic E-state index is 12.0. The highest BCUT2D eigenvalue weighted by Gasteiger charge is 2.18. The molecule has 1 heterocycles. The molecule has 0 spiro atoms. The number of aromatic amines is 1. The molecule has 0 aliphatic heterocycles. The molecule has 0 aliphatic carbocycles. The maximum atomic E-state index is 12.0. The zero-order valence-corrected chi connectivity index (χ0v) is 10.2. The van der Waals surface area contributed by atoms with Crippen LogP contribution in [0.5, 0.6) is 0 Å². The van der Waals surface area contributed by atoms with E-state index in [4.69, 9.17) is 5.11 Å². The van der Waals surface area contributed by atoms with Gasteiger partial charge < -0.3 is 5.11 Å². The van der Waals surface area contributed by atoms with Crippen LogP contribution >= 0.6 is 0 Å². The lowest BCUT2D eigenvalue weighted by Gasteiger charge is -2.09. The fourth-order valence-electron chi connectivity index (χ4n) is 1.63. The molecule has 6 nitrogen and oxygen atoms in total. The first kappa shape index (κ1) is 12.6. The summed E-state index contributed by atoms with van der Waals surface area (Å²) in [6, 6.07) is 7.59. The van der Waals surface area contributed by atoms with E-state index in [1.807, 2.05) is 0 Å². The van der Waals surface area contributed by atoms with E-state index in [-0.39, 0.29) is 16.2 Å². The van der Waals surface area contributed by atoms with E-state index in [0.717, 1.165) is 0 Å². The summed E-state index contributed by atoms with van der Waals surface area (Å²) in [6.45, 7) is -0.446. The van der Waals surface area contributed by atoms with Crippen molar-refractivity contribution in [3.05, 3.63) is 46.9 Å². The topological polar surface area (TPSA) is 92.2 Å². The standard InChI is InChI=1S/C11H12N2O4S/c14-7-8-18(16,17)10-4-2-1-3-9(10)13-6-5-11(15)12-13/h1-6,14H,7-8H2,(H,12,15). The van der Waals surface area contributed by atoms with Gasteiger partial charge in [-0.3, -0.25) is 14.6 Å². The Morgan fingerprint density at radius 3 is 2.56 bits per heavy atom. The molecule has 0 fully saturated rings. The van der Waals surface area contributed by atoms with Crippen molar-refractivity contribution >= 4 is 9.84 Å². The summed E-state index contributed by atoms with van der Waals surface area (Å²) in [4.78, 5) is 11.2. The second-order valence-electron chi connectivity index (χ2n) is 3.67. The molecule has 1 aromatic carbocycles. The highest BCUT2D eigenvalue weighted by Crippen LogP contribution is 2.19. The lowest BCUT2D eigenvalue weighted by molar-refractivity contribution is 0.319. The zero-order valence-electron chi connectivity index (χ0n) is 9.41. The van der Waals surface area contributed by atoms with E-state index in [1.165, 1.54) is 23.0 Å². The van der Waals surface area contributed by atoms with Crippen LogP contribution in [0.2, 0.25) is 0 Å². The number of H-pyrrole nitrogens is 1. The van der Waals surface area contributed by atoms with Crippen molar-refractivity contribution in [2.24, 2.45) is 0 Å². The van der Waals surface area contributed by atoms with Crippen molar-refractivity contribution in [1.82, 2.24) is 9.78 Å². The van der Waals surface area contributed by atoms with Crippen LogP contribution in [0.4, 0.5) is 0 Å². The molecule has 2 aromatic rings. The van der Waals surface area contributed by atoms with Gasteiger partial charge >= 0.3 is 0 Å². The summed E-state index contributed by atoms with van der Waals surface area (Å²) in [5.41, 5.74) is 0.0393. The Bertz CT molecular complexity index is 700. The van der Waals surface area contributed by atoms with Gasteiger partial charge in [0.1, 0.15) is 0 Å². The number of hydrogen-bond donors (Lipinski definition) is 2. The van der Waals surface area contributed by atoms with Gasteiger partial charge in [0.2, 0.25) is 0 Å². The minimum Gasteiger partial charge on any atom is -0.395 e. The van der Waals surface area contributed by atoms with Crippen molar-refractivity contribution in [2.75, 3.05) is 12.4 Å². The minimum absolute atomic E-state index is 0.0749. The van der Waals surface area contributed by atoms with Crippen LogP contribution in [0.25, 0.3) is 5.69 Å². The Kier molecular flexibility index (Phi) is 3.35. The molecular weight excluding hydrogens is 256 g/mol. The number of rotatable bonds is 4. The molecule has 0 saturated carbocycles. The number of aliphatic hydroxyl groups excluding tert-OH is 1. The summed E-state index contributed by atoms with van der Waals surface area (Å²) in [6.07, 6.45) is 1.45. The highest BCUT2D eigenvalue weighted by molar-refractivity contribution is 7.91. The summed E-state index contributed by atoms with van der Waals surface area (Å²) in [5, 5.41) is 11.3. The first-order valence-electron chi connectivity index (χ1n) is 5.25. The molecule has 0 amide bonds. The number of aliphatic hydroxyl groups is 1. The molecule has 0 unspecified atom stereocenters. The van der Waals surface area contributed by atoms with Crippen molar-refractivity contribution in [3.63, 3.8) is 0 Å². The molecule has 0 radical (unpaired) electrons. The van der Waals surface area contributed by atoms with Gasteiger partial charge in [0, 0.05) is 12.3 Å². The summed E-state index contributed by atoms with van der Waals surface area (Å²) < 4.78 is 25.3. The summed E-state index contributed by atoms with van der Waals surface area (Å²) in [7, 11) is -3.57. The molecule has 96 valence electrons. The highest BCUT2D eigenvalue weighted by atomic mass is 32.2.